The third kappa shape index (κ3) is 1.88. The molecule has 2 aromatic rings. The molecular weight excluding hydrogens is 208 g/mol. The summed E-state index contributed by atoms with van der Waals surface area (Å²) in [7, 11) is 0. The molecule has 0 saturated carbocycles. The van der Waals surface area contributed by atoms with E-state index in [1.165, 1.54) is 0 Å². The molecule has 2 heteroatoms. The van der Waals surface area contributed by atoms with Gasteiger partial charge in [-0.2, -0.15) is 0 Å². The minimum absolute atomic E-state index is 0.150. The van der Waals surface area contributed by atoms with Crippen LogP contribution in [-0.2, 0) is 0 Å². The van der Waals surface area contributed by atoms with Crippen molar-refractivity contribution in [3.8, 4) is 0 Å². The van der Waals surface area contributed by atoms with Crippen LogP contribution in [0.3, 0.4) is 0 Å². The van der Waals surface area contributed by atoms with Crippen molar-refractivity contribution in [2.45, 2.75) is 13.3 Å². The van der Waals surface area contributed by atoms with E-state index in [4.69, 9.17) is 11.6 Å². The van der Waals surface area contributed by atoms with E-state index >= 15 is 0 Å². The molecule has 2 aromatic carbocycles. The molecule has 1 nitrogen and oxygen atoms in total. The van der Waals surface area contributed by atoms with Crippen LogP contribution in [0.4, 0.5) is 0 Å². The van der Waals surface area contributed by atoms with Crippen LogP contribution in [0.15, 0.2) is 36.4 Å². The van der Waals surface area contributed by atoms with Crippen LogP contribution in [0.25, 0.3) is 10.8 Å². The molecule has 0 amide bonds. The number of ketones is 1. The van der Waals surface area contributed by atoms with E-state index < -0.39 is 0 Å². The van der Waals surface area contributed by atoms with Gasteiger partial charge in [-0.15, -0.1) is 0 Å². The standard InChI is InChI=1S/C13H11ClO/c1-2-13(15)10-7-6-9-4-3-5-12(14)11(9)8-10/h3-8H,2H2,1H3. The Bertz CT molecular complexity index is 517. The highest BCUT2D eigenvalue weighted by Gasteiger charge is 2.05. The highest BCUT2D eigenvalue weighted by Crippen LogP contribution is 2.24. The molecule has 2 rings (SSSR count). The maximum atomic E-state index is 11.5. The molecule has 0 atom stereocenters. The molecule has 0 N–H and O–H groups in total. The molecule has 0 aliphatic rings. The molecule has 0 spiro atoms. The maximum absolute atomic E-state index is 11.5. The summed E-state index contributed by atoms with van der Waals surface area (Å²) in [5.74, 6) is 0.150. The summed E-state index contributed by atoms with van der Waals surface area (Å²) < 4.78 is 0. The molecule has 0 aliphatic heterocycles. The second kappa shape index (κ2) is 4.03. The number of fused-ring (bicyclic) bond motifs is 1. The minimum Gasteiger partial charge on any atom is -0.294 e. The first-order valence-electron chi connectivity index (χ1n) is 4.94. The fraction of sp³-hybridized carbons (Fsp3) is 0.154. The molecule has 0 aromatic heterocycles. The molecule has 0 bridgehead atoms. The zero-order chi connectivity index (χ0) is 10.8. The lowest BCUT2D eigenvalue weighted by molar-refractivity contribution is 0.0988. The van der Waals surface area contributed by atoms with Gasteiger partial charge in [-0.3, -0.25) is 4.79 Å². The predicted octanol–water partition coefficient (Wildman–Crippen LogP) is 4.09. The summed E-state index contributed by atoms with van der Waals surface area (Å²) >= 11 is 6.07. The van der Waals surface area contributed by atoms with Crippen molar-refractivity contribution >= 4 is 28.2 Å². The largest absolute Gasteiger partial charge is 0.294 e. The Morgan fingerprint density at radius 1 is 1.27 bits per heavy atom. The summed E-state index contributed by atoms with van der Waals surface area (Å²) in [6, 6.07) is 11.4. The molecule has 0 aliphatic carbocycles. The summed E-state index contributed by atoms with van der Waals surface area (Å²) in [5, 5.41) is 2.70. The van der Waals surface area contributed by atoms with E-state index in [-0.39, 0.29) is 5.78 Å². The van der Waals surface area contributed by atoms with Crippen LogP contribution < -0.4 is 0 Å². The number of carbonyl (C=O) groups is 1. The second-order valence-electron chi connectivity index (χ2n) is 3.45. The first-order chi connectivity index (χ1) is 7.22. The molecule has 76 valence electrons. The Labute approximate surface area is 93.7 Å². The third-order valence-corrected chi connectivity index (χ3v) is 2.80. The lowest BCUT2D eigenvalue weighted by Crippen LogP contribution is -1.95. The van der Waals surface area contributed by atoms with E-state index in [0.717, 1.165) is 16.3 Å². The Balaban J connectivity index is 2.64. The van der Waals surface area contributed by atoms with Gasteiger partial charge >= 0.3 is 0 Å². The summed E-state index contributed by atoms with van der Waals surface area (Å²) in [5.41, 5.74) is 0.734. The number of hydrogen-bond donors (Lipinski definition) is 0. The summed E-state index contributed by atoms with van der Waals surface area (Å²) in [6.45, 7) is 1.86. The van der Waals surface area contributed by atoms with Gasteiger partial charge in [-0.05, 0) is 17.5 Å². The molecule has 0 unspecified atom stereocenters. The van der Waals surface area contributed by atoms with Crippen LogP contribution in [0, 0.1) is 0 Å². The van der Waals surface area contributed by atoms with Crippen molar-refractivity contribution in [3.63, 3.8) is 0 Å². The molecule has 0 saturated heterocycles. The molecule has 15 heavy (non-hydrogen) atoms. The average Bonchev–Trinajstić information content (AvgIpc) is 2.28. The van der Waals surface area contributed by atoms with Gasteiger partial charge in [0.2, 0.25) is 0 Å². The topological polar surface area (TPSA) is 17.1 Å². The van der Waals surface area contributed by atoms with Gasteiger partial charge in [-0.1, -0.05) is 42.8 Å². The first kappa shape index (κ1) is 10.2. The zero-order valence-corrected chi connectivity index (χ0v) is 9.21. The van der Waals surface area contributed by atoms with Crippen LogP contribution in [0.2, 0.25) is 5.02 Å². The van der Waals surface area contributed by atoms with Gasteiger partial charge in [-0.25, -0.2) is 0 Å². The lowest BCUT2D eigenvalue weighted by atomic mass is 10.0. The normalized spacial score (nSPS) is 10.5. The monoisotopic (exact) mass is 218 g/mol. The van der Waals surface area contributed by atoms with Gasteiger partial charge in [0.1, 0.15) is 0 Å². The van der Waals surface area contributed by atoms with Gasteiger partial charge in [0.15, 0.2) is 5.78 Å². The van der Waals surface area contributed by atoms with E-state index in [9.17, 15) is 4.79 Å². The zero-order valence-electron chi connectivity index (χ0n) is 8.46. The molecule has 0 radical (unpaired) electrons. The predicted molar refractivity (Wildman–Crippen MR) is 63.6 cm³/mol. The quantitative estimate of drug-likeness (QED) is 0.694. The number of Topliss-reactive ketones (excluding diaryl/α,β-unsaturated/α-hetero) is 1. The van der Waals surface area contributed by atoms with Crippen LogP contribution in [0.5, 0.6) is 0 Å². The SMILES string of the molecule is CCC(=O)c1ccc2cccc(Cl)c2c1. The van der Waals surface area contributed by atoms with Crippen LogP contribution in [-0.4, -0.2) is 5.78 Å². The van der Waals surface area contributed by atoms with Gasteiger partial charge < -0.3 is 0 Å². The van der Waals surface area contributed by atoms with Crippen LogP contribution >= 0.6 is 11.6 Å². The van der Waals surface area contributed by atoms with E-state index in [2.05, 4.69) is 0 Å². The van der Waals surface area contributed by atoms with Crippen molar-refractivity contribution in [1.29, 1.82) is 0 Å². The maximum Gasteiger partial charge on any atom is 0.162 e. The fourth-order valence-electron chi connectivity index (χ4n) is 1.61. The average molecular weight is 219 g/mol. The number of benzene rings is 2. The smallest absolute Gasteiger partial charge is 0.162 e. The number of rotatable bonds is 2. The van der Waals surface area contributed by atoms with E-state index in [1.807, 2.05) is 43.3 Å². The first-order valence-corrected chi connectivity index (χ1v) is 5.31. The summed E-state index contributed by atoms with van der Waals surface area (Å²) in [4.78, 5) is 11.5. The van der Waals surface area contributed by atoms with Crippen molar-refractivity contribution in [2.24, 2.45) is 0 Å². The van der Waals surface area contributed by atoms with Crippen molar-refractivity contribution < 1.29 is 4.79 Å². The molecule has 0 fully saturated rings. The molecule has 0 heterocycles. The summed E-state index contributed by atoms with van der Waals surface area (Å²) in [6.07, 6.45) is 0.524. The Hall–Kier alpha value is -1.34. The van der Waals surface area contributed by atoms with Gasteiger partial charge in [0, 0.05) is 22.4 Å². The van der Waals surface area contributed by atoms with Crippen molar-refractivity contribution in [2.75, 3.05) is 0 Å². The van der Waals surface area contributed by atoms with Crippen molar-refractivity contribution in [3.05, 3.63) is 47.0 Å². The Morgan fingerprint density at radius 3 is 2.80 bits per heavy atom. The Kier molecular flexibility index (Phi) is 2.74. The fourth-order valence-corrected chi connectivity index (χ4v) is 1.85. The molecular formula is C13H11ClO. The van der Waals surface area contributed by atoms with Crippen molar-refractivity contribution in [1.82, 2.24) is 0 Å². The number of carbonyl (C=O) groups excluding carboxylic acids is 1. The third-order valence-electron chi connectivity index (χ3n) is 2.47. The minimum atomic E-state index is 0.150. The highest BCUT2D eigenvalue weighted by molar-refractivity contribution is 6.35. The van der Waals surface area contributed by atoms with Gasteiger partial charge in [0.05, 0.1) is 0 Å². The van der Waals surface area contributed by atoms with E-state index in [1.54, 1.807) is 0 Å². The van der Waals surface area contributed by atoms with Gasteiger partial charge in [0.25, 0.3) is 0 Å². The van der Waals surface area contributed by atoms with E-state index in [0.29, 0.717) is 11.4 Å². The van der Waals surface area contributed by atoms with Crippen LogP contribution in [0.1, 0.15) is 23.7 Å². The second-order valence-corrected chi connectivity index (χ2v) is 3.86. The lowest BCUT2D eigenvalue weighted by Gasteiger charge is -2.03. The number of hydrogen-bond acceptors (Lipinski definition) is 1. The number of halogens is 1. The highest BCUT2D eigenvalue weighted by atomic mass is 35.5. The Morgan fingerprint density at radius 2 is 2.07 bits per heavy atom.